The topological polar surface area (TPSA) is 50.2 Å². The molecule has 1 aromatic heterocycles. The van der Waals surface area contributed by atoms with Gasteiger partial charge in [-0.1, -0.05) is 13.8 Å². The van der Waals surface area contributed by atoms with Gasteiger partial charge in [0.1, 0.15) is 5.69 Å². The van der Waals surface area contributed by atoms with Crippen molar-refractivity contribution >= 4 is 5.91 Å². The molecule has 3 rings (SSSR count). The van der Waals surface area contributed by atoms with Crippen molar-refractivity contribution in [2.75, 3.05) is 19.6 Å². The van der Waals surface area contributed by atoms with E-state index in [1.165, 1.54) is 38.8 Å². The molecule has 2 aliphatic heterocycles. The van der Waals surface area contributed by atoms with Crippen LogP contribution in [0.4, 0.5) is 0 Å². The Labute approximate surface area is 133 Å². The highest BCUT2D eigenvalue weighted by Crippen LogP contribution is 2.38. The molecule has 0 spiro atoms. The van der Waals surface area contributed by atoms with Crippen LogP contribution in [0, 0.1) is 0 Å². The summed E-state index contributed by atoms with van der Waals surface area (Å²) < 4.78 is 1.82. The standard InChI is InChI=1S/C17H28N4O/c1-4-21-15(11-14(19-21)13(2)3)16(22)18-12-17-7-5-9-20(17)10-6-8-17/h11,13H,4-10,12H2,1-3H3,(H,18,22). The lowest BCUT2D eigenvalue weighted by Gasteiger charge is -2.32. The number of hydrogen-bond donors (Lipinski definition) is 1. The molecule has 22 heavy (non-hydrogen) atoms. The number of hydrogen-bond acceptors (Lipinski definition) is 3. The molecule has 2 saturated heterocycles. The number of aryl methyl sites for hydroxylation is 1. The molecular weight excluding hydrogens is 276 g/mol. The van der Waals surface area contributed by atoms with Crippen LogP contribution in [0.15, 0.2) is 6.07 Å². The predicted molar refractivity (Wildman–Crippen MR) is 87.1 cm³/mol. The maximum absolute atomic E-state index is 12.6. The normalized spacial score (nSPS) is 20.5. The third-order valence-electron chi connectivity index (χ3n) is 5.31. The van der Waals surface area contributed by atoms with Crippen LogP contribution < -0.4 is 5.32 Å². The number of nitrogens with one attached hydrogen (secondary N) is 1. The smallest absolute Gasteiger partial charge is 0.269 e. The second-order valence-corrected chi connectivity index (χ2v) is 7.03. The first kappa shape index (κ1) is 15.5. The monoisotopic (exact) mass is 304 g/mol. The van der Waals surface area contributed by atoms with E-state index in [0.717, 1.165) is 18.8 Å². The molecule has 3 heterocycles. The van der Waals surface area contributed by atoms with E-state index in [0.29, 0.717) is 11.6 Å². The van der Waals surface area contributed by atoms with Crippen LogP contribution in [0.5, 0.6) is 0 Å². The molecule has 1 aromatic rings. The minimum atomic E-state index is 0.0226. The molecule has 2 fully saturated rings. The average molecular weight is 304 g/mol. The summed E-state index contributed by atoms with van der Waals surface area (Å²) in [6, 6.07) is 1.95. The molecule has 122 valence electrons. The summed E-state index contributed by atoms with van der Waals surface area (Å²) in [5.41, 5.74) is 1.92. The number of aromatic nitrogens is 2. The quantitative estimate of drug-likeness (QED) is 0.908. The Balaban J connectivity index is 1.69. The molecule has 1 amide bonds. The highest BCUT2D eigenvalue weighted by atomic mass is 16.2. The molecule has 0 aliphatic carbocycles. The third-order valence-corrected chi connectivity index (χ3v) is 5.31. The van der Waals surface area contributed by atoms with Crippen molar-refractivity contribution in [3.05, 3.63) is 17.5 Å². The number of carbonyl (C=O) groups excluding carboxylic acids is 1. The van der Waals surface area contributed by atoms with Gasteiger partial charge in [0.25, 0.3) is 5.91 Å². The largest absolute Gasteiger partial charge is 0.349 e. The van der Waals surface area contributed by atoms with Crippen LogP contribution in [-0.4, -0.2) is 45.8 Å². The summed E-state index contributed by atoms with van der Waals surface area (Å²) in [5.74, 6) is 0.368. The maximum Gasteiger partial charge on any atom is 0.269 e. The highest BCUT2D eigenvalue weighted by molar-refractivity contribution is 5.92. The summed E-state index contributed by atoms with van der Waals surface area (Å²) in [6.07, 6.45) is 4.97. The molecule has 0 atom stereocenters. The van der Waals surface area contributed by atoms with E-state index < -0.39 is 0 Å². The Kier molecular flexibility index (Phi) is 4.26. The van der Waals surface area contributed by atoms with Crippen molar-refractivity contribution < 1.29 is 4.79 Å². The first-order chi connectivity index (χ1) is 10.6. The van der Waals surface area contributed by atoms with E-state index in [1.54, 1.807) is 0 Å². The Morgan fingerprint density at radius 3 is 2.64 bits per heavy atom. The molecule has 0 aromatic carbocycles. The summed E-state index contributed by atoms with van der Waals surface area (Å²) in [5, 5.41) is 7.73. The lowest BCUT2D eigenvalue weighted by Crippen LogP contribution is -2.48. The van der Waals surface area contributed by atoms with Crippen molar-refractivity contribution in [3.63, 3.8) is 0 Å². The Hall–Kier alpha value is -1.36. The van der Waals surface area contributed by atoms with E-state index in [1.807, 2.05) is 17.7 Å². The minimum Gasteiger partial charge on any atom is -0.349 e. The van der Waals surface area contributed by atoms with Gasteiger partial charge in [-0.3, -0.25) is 14.4 Å². The fraction of sp³-hybridized carbons (Fsp3) is 0.765. The molecule has 2 aliphatic rings. The fourth-order valence-electron chi connectivity index (χ4n) is 3.99. The number of fused-ring (bicyclic) bond motifs is 1. The molecule has 5 heteroatoms. The summed E-state index contributed by atoms with van der Waals surface area (Å²) in [4.78, 5) is 15.2. The van der Waals surface area contributed by atoms with Gasteiger partial charge in [0.05, 0.1) is 5.69 Å². The molecule has 0 radical (unpaired) electrons. The highest BCUT2D eigenvalue weighted by Gasteiger charge is 2.44. The lowest BCUT2D eigenvalue weighted by molar-refractivity contribution is 0.0909. The zero-order valence-electron chi connectivity index (χ0n) is 14.1. The first-order valence-corrected chi connectivity index (χ1v) is 8.67. The van der Waals surface area contributed by atoms with Gasteiger partial charge >= 0.3 is 0 Å². The van der Waals surface area contributed by atoms with Crippen molar-refractivity contribution in [2.24, 2.45) is 0 Å². The Morgan fingerprint density at radius 2 is 2.05 bits per heavy atom. The summed E-state index contributed by atoms with van der Waals surface area (Å²) in [6.45, 7) is 10.1. The molecule has 0 bridgehead atoms. The van der Waals surface area contributed by atoms with Gasteiger partial charge < -0.3 is 5.32 Å². The fourth-order valence-corrected chi connectivity index (χ4v) is 3.99. The number of rotatable bonds is 5. The van der Waals surface area contributed by atoms with Gasteiger partial charge in [0.2, 0.25) is 0 Å². The average Bonchev–Trinajstić information content (AvgIpc) is 3.17. The number of nitrogens with zero attached hydrogens (tertiary/aromatic N) is 3. The molecule has 1 N–H and O–H groups in total. The predicted octanol–water partition coefficient (Wildman–Crippen LogP) is 2.38. The van der Waals surface area contributed by atoms with Gasteiger partial charge in [-0.15, -0.1) is 0 Å². The van der Waals surface area contributed by atoms with E-state index in [9.17, 15) is 4.79 Å². The zero-order valence-corrected chi connectivity index (χ0v) is 14.1. The minimum absolute atomic E-state index is 0.0226. The van der Waals surface area contributed by atoms with Gasteiger partial charge in [0, 0.05) is 18.6 Å². The second-order valence-electron chi connectivity index (χ2n) is 7.03. The van der Waals surface area contributed by atoms with E-state index in [-0.39, 0.29) is 11.4 Å². The van der Waals surface area contributed by atoms with E-state index >= 15 is 0 Å². The van der Waals surface area contributed by atoms with Crippen LogP contribution >= 0.6 is 0 Å². The Bertz CT molecular complexity index is 539. The van der Waals surface area contributed by atoms with Crippen molar-refractivity contribution in [1.29, 1.82) is 0 Å². The maximum atomic E-state index is 12.6. The van der Waals surface area contributed by atoms with Crippen LogP contribution in [0.2, 0.25) is 0 Å². The summed E-state index contributed by atoms with van der Waals surface area (Å²) >= 11 is 0. The van der Waals surface area contributed by atoms with Gasteiger partial charge in [0.15, 0.2) is 0 Å². The lowest BCUT2D eigenvalue weighted by atomic mass is 9.94. The second kappa shape index (κ2) is 6.03. The van der Waals surface area contributed by atoms with Gasteiger partial charge in [-0.05, 0) is 57.7 Å². The third kappa shape index (κ3) is 2.67. The molecule has 0 saturated carbocycles. The molecular formula is C17H28N4O. The van der Waals surface area contributed by atoms with Crippen LogP contribution in [0.1, 0.15) is 68.6 Å². The number of amides is 1. The van der Waals surface area contributed by atoms with Crippen LogP contribution in [0.25, 0.3) is 0 Å². The van der Waals surface area contributed by atoms with Crippen molar-refractivity contribution in [1.82, 2.24) is 20.0 Å². The molecule has 5 nitrogen and oxygen atoms in total. The zero-order chi connectivity index (χ0) is 15.7. The van der Waals surface area contributed by atoms with Crippen molar-refractivity contribution in [3.8, 4) is 0 Å². The van der Waals surface area contributed by atoms with E-state index in [2.05, 4.69) is 29.2 Å². The Morgan fingerprint density at radius 1 is 1.36 bits per heavy atom. The number of carbonyl (C=O) groups is 1. The van der Waals surface area contributed by atoms with E-state index in [4.69, 9.17) is 0 Å². The first-order valence-electron chi connectivity index (χ1n) is 8.67. The van der Waals surface area contributed by atoms with Gasteiger partial charge in [-0.25, -0.2) is 0 Å². The van der Waals surface area contributed by atoms with Crippen molar-refractivity contribution in [2.45, 2.75) is 64.5 Å². The van der Waals surface area contributed by atoms with Crippen LogP contribution in [0.3, 0.4) is 0 Å². The van der Waals surface area contributed by atoms with Crippen LogP contribution in [-0.2, 0) is 6.54 Å². The molecule has 0 unspecified atom stereocenters. The summed E-state index contributed by atoms with van der Waals surface area (Å²) in [7, 11) is 0. The van der Waals surface area contributed by atoms with Gasteiger partial charge in [-0.2, -0.15) is 5.10 Å². The SMILES string of the molecule is CCn1nc(C(C)C)cc1C(=O)NCC12CCCN1CCC2.